The van der Waals surface area contributed by atoms with E-state index in [-0.39, 0.29) is 11.8 Å². The monoisotopic (exact) mass is 233 g/mol. The van der Waals surface area contributed by atoms with Crippen molar-refractivity contribution in [1.82, 2.24) is 0 Å². The molecule has 0 radical (unpaired) electrons. The summed E-state index contributed by atoms with van der Waals surface area (Å²) in [4.78, 5) is 24.2. The second-order valence-electron chi connectivity index (χ2n) is 3.38. The summed E-state index contributed by atoms with van der Waals surface area (Å²) in [5.41, 5.74) is 0.381. The zero-order valence-electron chi connectivity index (χ0n) is 9.47. The third-order valence-electron chi connectivity index (χ3n) is 2.44. The third kappa shape index (κ3) is 1.87. The van der Waals surface area contributed by atoms with Gasteiger partial charge in [-0.3, -0.25) is 9.59 Å². The summed E-state index contributed by atoms with van der Waals surface area (Å²) < 4.78 is 10.2. The predicted octanol–water partition coefficient (Wildman–Crippen LogP) is 1.13. The van der Waals surface area contributed by atoms with Gasteiger partial charge in [-0.15, -0.1) is 0 Å². The van der Waals surface area contributed by atoms with E-state index >= 15 is 0 Å². The van der Waals surface area contributed by atoms with Crippen molar-refractivity contribution in [2.24, 2.45) is 0 Å². The van der Waals surface area contributed by atoms with Gasteiger partial charge >= 0.3 is 0 Å². The molecular weight excluding hydrogens is 222 g/mol. The number of amides is 2. The number of benzene rings is 1. The molecule has 0 fully saturated rings. The van der Waals surface area contributed by atoms with Gasteiger partial charge in [-0.25, -0.2) is 4.90 Å². The number of nitrogens with zero attached hydrogens (tertiary/aromatic N) is 1. The first-order chi connectivity index (χ1) is 8.17. The molecule has 1 aromatic rings. The molecule has 0 atom stereocenters. The highest BCUT2D eigenvalue weighted by Gasteiger charge is 2.28. The van der Waals surface area contributed by atoms with Crippen LogP contribution in [0.5, 0.6) is 11.5 Å². The lowest BCUT2D eigenvalue weighted by Gasteiger charge is -2.17. The topological polar surface area (TPSA) is 55.8 Å². The summed E-state index contributed by atoms with van der Waals surface area (Å²) in [7, 11) is 2.99. The molecule has 1 aromatic carbocycles. The van der Waals surface area contributed by atoms with Crippen LogP contribution >= 0.6 is 0 Å². The molecule has 88 valence electrons. The van der Waals surface area contributed by atoms with Gasteiger partial charge in [0.1, 0.15) is 11.5 Å². The highest BCUT2D eigenvalue weighted by molar-refractivity contribution is 6.28. The van der Waals surface area contributed by atoms with E-state index in [1.807, 2.05) is 0 Å². The zero-order chi connectivity index (χ0) is 12.4. The molecule has 0 unspecified atom stereocenters. The Kier molecular flexibility index (Phi) is 2.82. The minimum Gasteiger partial charge on any atom is -0.497 e. The van der Waals surface area contributed by atoms with Crippen molar-refractivity contribution in [3.8, 4) is 11.5 Å². The van der Waals surface area contributed by atoms with Crippen molar-refractivity contribution in [1.29, 1.82) is 0 Å². The average Bonchev–Trinajstić information content (AvgIpc) is 2.68. The number of anilines is 1. The zero-order valence-corrected chi connectivity index (χ0v) is 9.47. The molecule has 0 bridgehead atoms. The third-order valence-corrected chi connectivity index (χ3v) is 2.44. The van der Waals surface area contributed by atoms with E-state index in [2.05, 4.69) is 0 Å². The van der Waals surface area contributed by atoms with Gasteiger partial charge in [0.15, 0.2) is 0 Å². The Hall–Kier alpha value is -2.30. The van der Waals surface area contributed by atoms with Gasteiger partial charge in [0.2, 0.25) is 0 Å². The van der Waals surface area contributed by atoms with Crippen molar-refractivity contribution in [3.63, 3.8) is 0 Å². The fourth-order valence-electron chi connectivity index (χ4n) is 1.61. The Balaban J connectivity index is 2.49. The Labute approximate surface area is 98.2 Å². The molecule has 0 aliphatic carbocycles. The average molecular weight is 233 g/mol. The molecule has 1 aliphatic rings. The van der Waals surface area contributed by atoms with E-state index in [1.165, 1.54) is 26.4 Å². The molecule has 2 rings (SSSR count). The summed E-state index contributed by atoms with van der Waals surface area (Å²) in [6, 6.07) is 4.93. The van der Waals surface area contributed by atoms with Crippen LogP contribution in [0.25, 0.3) is 0 Å². The maximum atomic E-state index is 11.6. The van der Waals surface area contributed by atoms with Crippen molar-refractivity contribution in [2.45, 2.75) is 0 Å². The first kappa shape index (κ1) is 11.2. The molecule has 0 aromatic heterocycles. The minimum atomic E-state index is -0.387. The molecule has 5 nitrogen and oxygen atoms in total. The molecule has 1 aliphatic heterocycles. The number of carbonyl (C=O) groups excluding carboxylic acids is 2. The number of methoxy groups -OCH3 is 2. The molecule has 0 saturated heterocycles. The molecule has 17 heavy (non-hydrogen) atoms. The van der Waals surface area contributed by atoms with Crippen LogP contribution in [0.2, 0.25) is 0 Å². The van der Waals surface area contributed by atoms with Crippen molar-refractivity contribution in [2.75, 3.05) is 19.1 Å². The van der Waals surface area contributed by atoms with Crippen LogP contribution in [0.3, 0.4) is 0 Å². The normalized spacial score (nSPS) is 14.4. The van der Waals surface area contributed by atoms with Gasteiger partial charge < -0.3 is 9.47 Å². The van der Waals surface area contributed by atoms with E-state index in [9.17, 15) is 9.59 Å². The van der Waals surface area contributed by atoms with Crippen LogP contribution in [0.1, 0.15) is 0 Å². The second-order valence-corrected chi connectivity index (χ2v) is 3.38. The summed E-state index contributed by atoms with van der Waals surface area (Å²) >= 11 is 0. The largest absolute Gasteiger partial charge is 0.497 e. The van der Waals surface area contributed by atoms with Crippen LogP contribution < -0.4 is 14.4 Å². The van der Waals surface area contributed by atoms with Crippen LogP contribution in [0.15, 0.2) is 30.4 Å². The minimum absolute atomic E-state index is 0.381. The van der Waals surface area contributed by atoms with Crippen LogP contribution in [0, 0.1) is 0 Å². The molecule has 0 N–H and O–H groups in total. The van der Waals surface area contributed by atoms with E-state index in [0.29, 0.717) is 17.2 Å². The lowest BCUT2D eigenvalue weighted by molar-refractivity contribution is -0.120. The number of rotatable bonds is 3. The highest BCUT2D eigenvalue weighted by Crippen LogP contribution is 2.33. The van der Waals surface area contributed by atoms with E-state index < -0.39 is 0 Å². The number of carbonyl (C=O) groups is 2. The Morgan fingerprint density at radius 3 is 2.18 bits per heavy atom. The SMILES string of the molecule is COc1ccc(OC)c(N2C(=O)C=CC2=O)c1. The van der Waals surface area contributed by atoms with Gasteiger partial charge in [0, 0.05) is 18.2 Å². The van der Waals surface area contributed by atoms with Gasteiger partial charge in [-0.2, -0.15) is 0 Å². The number of imide groups is 1. The van der Waals surface area contributed by atoms with Crippen LogP contribution in [0.4, 0.5) is 5.69 Å². The summed E-state index contributed by atoms with van der Waals surface area (Å²) in [5.74, 6) is 0.215. The first-order valence-corrected chi connectivity index (χ1v) is 4.95. The lowest BCUT2D eigenvalue weighted by atomic mass is 10.2. The van der Waals surface area contributed by atoms with E-state index in [1.54, 1.807) is 18.2 Å². The van der Waals surface area contributed by atoms with Crippen LogP contribution in [-0.2, 0) is 9.59 Å². The van der Waals surface area contributed by atoms with E-state index in [0.717, 1.165) is 4.90 Å². The van der Waals surface area contributed by atoms with Crippen molar-refractivity contribution >= 4 is 17.5 Å². The fraction of sp³-hybridized carbons (Fsp3) is 0.167. The number of hydrogen-bond donors (Lipinski definition) is 0. The molecule has 0 saturated carbocycles. The number of hydrogen-bond acceptors (Lipinski definition) is 4. The Morgan fingerprint density at radius 1 is 1.00 bits per heavy atom. The fourth-order valence-corrected chi connectivity index (χ4v) is 1.61. The smallest absolute Gasteiger partial charge is 0.258 e. The van der Waals surface area contributed by atoms with Crippen molar-refractivity contribution < 1.29 is 19.1 Å². The van der Waals surface area contributed by atoms with Crippen LogP contribution in [-0.4, -0.2) is 26.0 Å². The summed E-state index contributed by atoms with van der Waals surface area (Å²) in [6.45, 7) is 0. The highest BCUT2D eigenvalue weighted by atomic mass is 16.5. The Morgan fingerprint density at radius 2 is 1.65 bits per heavy atom. The second kappa shape index (κ2) is 4.29. The molecule has 2 amide bonds. The van der Waals surface area contributed by atoms with Gasteiger partial charge in [-0.05, 0) is 12.1 Å². The van der Waals surface area contributed by atoms with Crippen molar-refractivity contribution in [3.05, 3.63) is 30.4 Å². The standard InChI is InChI=1S/C12H11NO4/c1-16-8-3-4-10(17-2)9(7-8)13-11(14)5-6-12(13)15/h3-7H,1-2H3. The quantitative estimate of drug-likeness (QED) is 0.734. The predicted molar refractivity (Wildman–Crippen MR) is 61.2 cm³/mol. The summed E-state index contributed by atoms with van der Waals surface area (Å²) in [5, 5.41) is 0. The van der Waals surface area contributed by atoms with Gasteiger partial charge in [0.05, 0.1) is 19.9 Å². The number of ether oxygens (including phenoxy) is 2. The molecule has 0 spiro atoms. The Bertz CT molecular complexity index is 489. The molecular formula is C12H11NO4. The molecule has 5 heteroatoms. The maximum Gasteiger partial charge on any atom is 0.258 e. The summed E-state index contributed by atoms with van der Waals surface area (Å²) in [6.07, 6.45) is 2.45. The lowest BCUT2D eigenvalue weighted by Crippen LogP contribution is -2.29. The van der Waals surface area contributed by atoms with E-state index in [4.69, 9.17) is 9.47 Å². The van der Waals surface area contributed by atoms with Gasteiger partial charge in [0.25, 0.3) is 11.8 Å². The molecule has 1 heterocycles. The van der Waals surface area contributed by atoms with Gasteiger partial charge in [-0.1, -0.05) is 0 Å². The first-order valence-electron chi connectivity index (χ1n) is 4.95. The maximum absolute atomic E-state index is 11.6.